The van der Waals surface area contributed by atoms with Gasteiger partial charge in [0.1, 0.15) is 12.1 Å². The average Bonchev–Trinajstić information content (AvgIpc) is 3.49. The van der Waals surface area contributed by atoms with Gasteiger partial charge in [0, 0.05) is 24.3 Å². The van der Waals surface area contributed by atoms with Gasteiger partial charge < -0.3 is 15.7 Å². The molecule has 3 amide bonds. The van der Waals surface area contributed by atoms with Crippen molar-refractivity contribution in [1.82, 2.24) is 5.32 Å². The number of carboxylic acid groups (broad SMARTS) is 1. The van der Waals surface area contributed by atoms with E-state index >= 15 is 0 Å². The van der Waals surface area contributed by atoms with E-state index in [1.165, 1.54) is 6.07 Å². The standard InChI is InChI=1S/C31H31N3O5/c35-28(33-25(31(38)39)17-20-9-3-1-4-10-20)23-15-16-26-24(19-23)32-29(36)27(18-21-11-5-2-6-12-21)34(26)30(37)22-13-7-8-14-22/h1-6,9-12,15-16,19,22,25,27H,7-8,13-14,17-18H2,(H,32,36)(H,33,35)(H,38,39). The van der Waals surface area contributed by atoms with E-state index in [1.54, 1.807) is 29.2 Å². The summed E-state index contributed by atoms with van der Waals surface area (Å²) in [6, 6.07) is 21.6. The molecule has 0 spiro atoms. The van der Waals surface area contributed by atoms with Gasteiger partial charge in [0.2, 0.25) is 11.8 Å². The minimum Gasteiger partial charge on any atom is -0.480 e. The summed E-state index contributed by atoms with van der Waals surface area (Å²) < 4.78 is 0. The normalized spacial score (nSPS) is 17.7. The Labute approximate surface area is 227 Å². The minimum atomic E-state index is -1.14. The zero-order valence-electron chi connectivity index (χ0n) is 21.5. The summed E-state index contributed by atoms with van der Waals surface area (Å²) in [7, 11) is 0. The Morgan fingerprint density at radius 3 is 2.21 bits per heavy atom. The fourth-order valence-electron chi connectivity index (χ4n) is 5.44. The number of hydrogen-bond donors (Lipinski definition) is 3. The van der Waals surface area contributed by atoms with Crippen LogP contribution in [0.25, 0.3) is 0 Å². The summed E-state index contributed by atoms with van der Waals surface area (Å²) in [5.74, 6) is -2.25. The van der Waals surface area contributed by atoms with E-state index in [-0.39, 0.29) is 29.7 Å². The van der Waals surface area contributed by atoms with Crippen LogP contribution >= 0.6 is 0 Å². The van der Waals surface area contributed by atoms with Crippen LogP contribution in [0.3, 0.4) is 0 Å². The van der Waals surface area contributed by atoms with Crippen molar-refractivity contribution in [2.45, 2.75) is 50.6 Å². The lowest BCUT2D eigenvalue weighted by Gasteiger charge is -2.38. The molecule has 2 unspecified atom stereocenters. The second kappa shape index (κ2) is 11.5. The molecule has 3 aromatic rings. The highest BCUT2D eigenvalue weighted by Gasteiger charge is 2.40. The third-order valence-corrected chi connectivity index (χ3v) is 7.49. The lowest BCUT2D eigenvalue weighted by molar-refractivity contribution is -0.139. The quantitative estimate of drug-likeness (QED) is 0.408. The number of fused-ring (bicyclic) bond motifs is 1. The van der Waals surface area contributed by atoms with Gasteiger partial charge in [-0.05, 0) is 42.2 Å². The number of nitrogens with zero attached hydrogens (tertiary/aromatic N) is 1. The van der Waals surface area contributed by atoms with Crippen LogP contribution in [0.5, 0.6) is 0 Å². The van der Waals surface area contributed by atoms with Crippen LogP contribution in [0.2, 0.25) is 0 Å². The number of aliphatic carboxylic acids is 1. The molecule has 0 saturated heterocycles. The summed E-state index contributed by atoms with van der Waals surface area (Å²) in [5, 5.41) is 15.2. The van der Waals surface area contributed by atoms with Gasteiger partial charge in [0.05, 0.1) is 11.4 Å². The molecule has 5 rings (SSSR count). The van der Waals surface area contributed by atoms with Gasteiger partial charge >= 0.3 is 5.97 Å². The third-order valence-electron chi connectivity index (χ3n) is 7.49. The molecule has 2 atom stereocenters. The second-order valence-corrected chi connectivity index (χ2v) is 10.2. The number of carbonyl (C=O) groups excluding carboxylic acids is 3. The van der Waals surface area contributed by atoms with Crippen LogP contribution in [0.4, 0.5) is 11.4 Å². The molecular weight excluding hydrogens is 494 g/mol. The van der Waals surface area contributed by atoms with Gasteiger partial charge in [-0.3, -0.25) is 19.3 Å². The van der Waals surface area contributed by atoms with Gasteiger partial charge in [0.15, 0.2) is 0 Å². The predicted molar refractivity (Wildman–Crippen MR) is 147 cm³/mol. The van der Waals surface area contributed by atoms with E-state index < -0.39 is 24.0 Å². The van der Waals surface area contributed by atoms with Crippen molar-refractivity contribution < 1.29 is 24.3 Å². The van der Waals surface area contributed by atoms with Crippen molar-refractivity contribution in [2.75, 3.05) is 10.2 Å². The first-order valence-electron chi connectivity index (χ1n) is 13.3. The summed E-state index contributed by atoms with van der Waals surface area (Å²) in [5.41, 5.74) is 2.83. The van der Waals surface area contributed by atoms with Crippen molar-refractivity contribution in [1.29, 1.82) is 0 Å². The fraction of sp³-hybridized carbons (Fsp3) is 0.290. The number of rotatable bonds is 8. The zero-order chi connectivity index (χ0) is 27.4. The maximum Gasteiger partial charge on any atom is 0.326 e. The van der Waals surface area contributed by atoms with E-state index in [0.717, 1.165) is 36.8 Å². The molecule has 1 fully saturated rings. The molecule has 0 radical (unpaired) electrons. The number of carbonyl (C=O) groups is 4. The molecule has 8 nitrogen and oxygen atoms in total. The number of carboxylic acids is 1. The van der Waals surface area contributed by atoms with E-state index in [2.05, 4.69) is 10.6 Å². The smallest absolute Gasteiger partial charge is 0.326 e. The number of hydrogen-bond acceptors (Lipinski definition) is 4. The first-order valence-corrected chi connectivity index (χ1v) is 13.3. The van der Waals surface area contributed by atoms with Crippen molar-refractivity contribution in [3.8, 4) is 0 Å². The Morgan fingerprint density at radius 1 is 0.923 bits per heavy atom. The molecule has 0 bridgehead atoms. The Kier molecular flexibility index (Phi) is 7.72. The predicted octanol–water partition coefficient (Wildman–Crippen LogP) is 4.20. The number of anilines is 2. The molecule has 1 aliphatic heterocycles. The number of amides is 3. The summed E-state index contributed by atoms with van der Waals surface area (Å²) in [6.07, 6.45) is 4.06. The molecular formula is C31H31N3O5. The van der Waals surface area contributed by atoms with Crippen LogP contribution in [0.15, 0.2) is 78.9 Å². The molecule has 0 aromatic heterocycles. The average molecular weight is 526 g/mol. The first-order chi connectivity index (χ1) is 18.9. The molecule has 1 heterocycles. The molecule has 3 aromatic carbocycles. The molecule has 2 aliphatic rings. The minimum absolute atomic E-state index is 0.0736. The van der Waals surface area contributed by atoms with Gasteiger partial charge in [0.25, 0.3) is 5.91 Å². The van der Waals surface area contributed by atoms with Crippen molar-refractivity contribution >= 4 is 35.1 Å². The van der Waals surface area contributed by atoms with E-state index in [9.17, 15) is 24.3 Å². The van der Waals surface area contributed by atoms with Gasteiger partial charge in [-0.1, -0.05) is 73.5 Å². The monoisotopic (exact) mass is 525 g/mol. The summed E-state index contributed by atoms with van der Waals surface area (Å²) in [4.78, 5) is 53.6. The Bertz CT molecular complexity index is 1370. The lowest BCUT2D eigenvalue weighted by atomic mass is 9.96. The highest BCUT2D eigenvalue weighted by molar-refractivity contribution is 6.13. The zero-order valence-corrected chi connectivity index (χ0v) is 21.5. The molecule has 8 heteroatoms. The Morgan fingerprint density at radius 2 is 1.56 bits per heavy atom. The molecule has 39 heavy (non-hydrogen) atoms. The number of benzene rings is 3. The highest BCUT2D eigenvalue weighted by atomic mass is 16.4. The molecule has 1 saturated carbocycles. The Hall–Kier alpha value is -4.46. The Balaban J connectivity index is 1.42. The number of nitrogens with one attached hydrogen (secondary N) is 2. The van der Waals surface area contributed by atoms with E-state index in [1.807, 2.05) is 48.5 Å². The molecule has 3 N–H and O–H groups in total. The van der Waals surface area contributed by atoms with E-state index in [0.29, 0.717) is 17.8 Å². The molecule has 1 aliphatic carbocycles. The largest absolute Gasteiger partial charge is 0.480 e. The van der Waals surface area contributed by atoms with Crippen LogP contribution < -0.4 is 15.5 Å². The maximum absolute atomic E-state index is 13.7. The van der Waals surface area contributed by atoms with Crippen molar-refractivity contribution in [3.63, 3.8) is 0 Å². The van der Waals surface area contributed by atoms with Gasteiger partial charge in [-0.25, -0.2) is 4.79 Å². The van der Waals surface area contributed by atoms with Gasteiger partial charge in [-0.15, -0.1) is 0 Å². The first kappa shape index (κ1) is 26.2. The third kappa shape index (κ3) is 5.85. The fourth-order valence-corrected chi connectivity index (χ4v) is 5.44. The van der Waals surface area contributed by atoms with Crippen LogP contribution in [0, 0.1) is 5.92 Å². The summed E-state index contributed by atoms with van der Waals surface area (Å²) in [6.45, 7) is 0. The van der Waals surface area contributed by atoms with E-state index in [4.69, 9.17) is 0 Å². The van der Waals surface area contributed by atoms with Crippen LogP contribution in [-0.4, -0.2) is 40.9 Å². The highest BCUT2D eigenvalue weighted by Crippen LogP contribution is 2.37. The van der Waals surface area contributed by atoms with Crippen molar-refractivity contribution in [2.24, 2.45) is 5.92 Å². The van der Waals surface area contributed by atoms with Crippen LogP contribution in [0.1, 0.15) is 47.2 Å². The molecule has 200 valence electrons. The van der Waals surface area contributed by atoms with Gasteiger partial charge in [-0.2, -0.15) is 0 Å². The SMILES string of the molecule is O=C(NC(Cc1ccccc1)C(=O)O)c1ccc2c(c1)NC(=O)C(Cc1ccccc1)N2C(=O)C1CCCC1. The topological polar surface area (TPSA) is 116 Å². The summed E-state index contributed by atoms with van der Waals surface area (Å²) >= 11 is 0. The lowest BCUT2D eigenvalue weighted by Crippen LogP contribution is -2.53. The second-order valence-electron chi connectivity index (χ2n) is 10.2. The van der Waals surface area contributed by atoms with Crippen molar-refractivity contribution in [3.05, 3.63) is 95.6 Å². The van der Waals surface area contributed by atoms with Crippen LogP contribution in [-0.2, 0) is 27.2 Å². The maximum atomic E-state index is 13.7.